The Morgan fingerprint density at radius 2 is 1.91 bits per heavy atom. The van der Waals surface area contributed by atoms with Crippen LogP contribution < -0.4 is 15.5 Å². The largest absolute Gasteiger partial charge is 0.468 e. The summed E-state index contributed by atoms with van der Waals surface area (Å²) in [6, 6.07) is 9.54. The van der Waals surface area contributed by atoms with Crippen LogP contribution in [0.5, 0.6) is 0 Å². The second-order valence-corrected chi connectivity index (χ2v) is 7.97. The molecule has 1 aromatic heterocycles. The lowest BCUT2D eigenvalue weighted by atomic mass is 10.1. The van der Waals surface area contributed by atoms with Crippen LogP contribution in [0.4, 0.5) is 10.1 Å². The summed E-state index contributed by atoms with van der Waals surface area (Å²) >= 11 is 0. The van der Waals surface area contributed by atoms with E-state index in [0.29, 0.717) is 38.0 Å². The van der Waals surface area contributed by atoms with Gasteiger partial charge in [0.25, 0.3) is 0 Å². The third kappa shape index (κ3) is 6.35. The van der Waals surface area contributed by atoms with Crippen molar-refractivity contribution in [1.82, 2.24) is 15.5 Å². The molecule has 7 nitrogen and oxygen atoms in total. The molecule has 3 heterocycles. The van der Waals surface area contributed by atoms with Gasteiger partial charge in [-0.1, -0.05) is 6.07 Å². The summed E-state index contributed by atoms with van der Waals surface area (Å²) in [5.74, 6) is 1.45. The molecule has 1 atom stereocenters. The van der Waals surface area contributed by atoms with Gasteiger partial charge in [0.05, 0.1) is 31.2 Å². The maximum atomic E-state index is 14.7. The first-order valence-corrected chi connectivity index (χ1v) is 11.1. The third-order valence-electron chi connectivity index (χ3n) is 5.96. The Kier molecular flexibility index (Phi) is 9.61. The maximum Gasteiger partial charge on any atom is 0.191 e. The zero-order valence-electron chi connectivity index (χ0n) is 18.6. The summed E-state index contributed by atoms with van der Waals surface area (Å²) in [6.45, 7) is 6.06. The number of nitrogens with one attached hydrogen (secondary N) is 2. The second kappa shape index (κ2) is 12.4. The summed E-state index contributed by atoms with van der Waals surface area (Å²) in [5.41, 5.74) is 1.51. The lowest BCUT2D eigenvalue weighted by Gasteiger charge is -2.29. The number of morpholine rings is 1. The highest BCUT2D eigenvalue weighted by Gasteiger charge is 2.25. The molecule has 32 heavy (non-hydrogen) atoms. The van der Waals surface area contributed by atoms with Crippen molar-refractivity contribution in [2.24, 2.45) is 4.99 Å². The van der Waals surface area contributed by atoms with E-state index < -0.39 is 0 Å². The summed E-state index contributed by atoms with van der Waals surface area (Å²) < 4.78 is 25.7. The molecule has 0 radical (unpaired) electrons. The number of anilines is 1. The molecule has 2 aromatic rings. The Labute approximate surface area is 206 Å². The Bertz CT molecular complexity index is 852. The van der Waals surface area contributed by atoms with E-state index in [2.05, 4.69) is 20.5 Å². The molecule has 2 aliphatic rings. The van der Waals surface area contributed by atoms with Crippen molar-refractivity contribution in [1.29, 1.82) is 0 Å². The monoisotopic (exact) mass is 557 g/mol. The van der Waals surface area contributed by atoms with Gasteiger partial charge in [-0.05, 0) is 55.8 Å². The normalized spacial score (nSPS) is 18.3. The minimum atomic E-state index is -0.198. The average Bonchev–Trinajstić information content (AvgIpc) is 3.52. The quantitative estimate of drug-likeness (QED) is 0.309. The Morgan fingerprint density at radius 1 is 1.12 bits per heavy atom. The van der Waals surface area contributed by atoms with E-state index in [1.54, 1.807) is 19.4 Å². The van der Waals surface area contributed by atoms with Gasteiger partial charge in [0, 0.05) is 33.2 Å². The molecule has 2 saturated heterocycles. The minimum absolute atomic E-state index is 0. The molecule has 0 spiro atoms. The Balaban J connectivity index is 0.00000289. The van der Waals surface area contributed by atoms with Crippen molar-refractivity contribution in [3.05, 3.63) is 53.7 Å². The second-order valence-electron chi connectivity index (χ2n) is 7.97. The highest BCUT2D eigenvalue weighted by Crippen LogP contribution is 2.25. The summed E-state index contributed by atoms with van der Waals surface area (Å²) in [5, 5.41) is 6.70. The highest BCUT2D eigenvalue weighted by atomic mass is 127. The van der Waals surface area contributed by atoms with Crippen molar-refractivity contribution in [3.63, 3.8) is 0 Å². The van der Waals surface area contributed by atoms with Gasteiger partial charge in [0.2, 0.25) is 0 Å². The van der Waals surface area contributed by atoms with Crippen molar-refractivity contribution in [2.45, 2.75) is 25.4 Å². The molecule has 0 bridgehead atoms. The van der Waals surface area contributed by atoms with Crippen LogP contribution in [0.15, 0.2) is 46.0 Å². The van der Waals surface area contributed by atoms with Crippen LogP contribution in [0.3, 0.4) is 0 Å². The predicted octanol–water partition coefficient (Wildman–Crippen LogP) is 3.38. The van der Waals surface area contributed by atoms with Crippen molar-refractivity contribution in [2.75, 3.05) is 57.9 Å². The lowest BCUT2D eigenvalue weighted by molar-refractivity contribution is 0.122. The SMILES string of the molecule is CN=C(NCc1ccc(N2CCOCC2)c(F)c1)NCC(c1ccco1)N1CCCC1.I. The fourth-order valence-electron chi connectivity index (χ4n) is 4.26. The fraction of sp³-hybridized carbons (Fsp3) is 0.522. The van der Waals surface area contributed by atoms with E-state index in [9.17, 15) is 4.39 Å². The van der Waals surface area contributed by atoms with E-state index in [0.717, 1.165) is 37.5 Å². The first-order chi connectivity index (χ1) is 15.2. The molecule has 0 saturated carbocycles. The standard InChI is InChI=1S/C23H32FN5O2.HI/c1-25-23(27-17-21(22-5-4-12-31-22)28-8-2-3-9-28)26-16-18-6-7-20(19(24)15-18)29-10-13-30-14-11-29;/h4-7,12,15,21H,2-3,8-11,13-14,16-17H2,1H3,(H2,25,26,27);1H. The van der Waals surface area contributed by atoms with Gasteiger partial charge in [0.15, 0.2) is 5.96 Å². The van der Waals surface area contributed by atoms with Crippen LogP contribution in [-0.2, 0) is 11.3 Å². The number of ether oxygens (including phenoxy) is 1. The van der Waals surface area contributed by atoms with Gasteiger partial charge in [0.1, 0.15) is 11.6 Å². The molecule has 0 aliphatic carbocycles. The van der Waals surface area contributed by atoms with E-state index in [4.69, 9.17) is 9.15 Å². The number of furan rings is 1. The van der Waals surface area contributed by atoms with E-state index in [1.807, 2.05) is 29.2 Å². The Hall–Kier alpha value is -1.85. The van der Waals surface area contributed by atoms with Crippen LogP contribution in [0, 0.1) is 5.82 Å². The summed E-state index contributed by atoms with van der Waals surface area (Å²) in [4.78, 5) is 8.80. The van der Waals surface area contributed by atoms with Crippen LogP contribution in [0.2, 0.25) is 0 Å². The van der Waals surface area contributed by atoms with Gasteiger partial charge >= 0.3 is 0 Å². The number of nitrogens with zero attached hydrogens (tertiary/aromatic N) is 3. The zero-order chi connectivity index (χ0) is 21.5. The van der Waals surface area contributed by atoms with Crippen molar-refractivity contribution >= 4 is 35.6 Å². The molecular weight excluding hydrogens is 524 g/mol. The fourth-order valence-corrected chi connectivity index (χ4v) is 4.26. The van der Waals surface area contributed by atoms with Gasteiger partial charge in [-0.2, -0.15) is 0 Å². The molecule has 4 rings (SSSR count). The smallest absolute Gasteiger partial charge is 0.191 e. The van der Waals surface area contributed by atoms with E-state index in [1.165, 1.54) is 12.8 Å². The minimum Gasteiger partial charge on any atom is -0.468 e. The maximum absolute atomic E-state index is 14.7. The highest BCUT2D eigenvalue weighted by molar-refractivity contribution is 14.0. The van der Waals surface area contributed by atoms with Crippen molar-refractivity contribution in [3.8, 4) is 0 Å². The van der Waals surface area contributed by atoms with Crippen LogP contribution in [-0.4, -0.2) is 63.8 Å². The molecule has 0 amide bonds. The third-order valence-corrected chi connectivity index (χ3v) is 5.96. The summed E-state index contributed by atoms with van der Waals surface area (Å²) in [7, 11) is 1.75. The molecule has 1 unspecified atom stereocenters. The number of benzene rings is 1. The molecular formula is C23H33FIN5O2. The van der Waals surface area contributed by atoms with Gasteiger partial charge in [-0.15, -0.1) is 24.0 Å². The zero-order valence-corrected chi connectivity index (χ0v) is 20.9. The van der Waals surface area contributed by atoms with Gasteiger partial charge in [-0.3, -0.25) is 9.89 Å². The average molecular weight is 557 g/mol. The topological polar surface area (TPSA) is 65.3 Å². The molecule has 2 aliphatic heterocycles. The number of hydrogen-bond acceptors (Lipinski definition) is 5. The number of hydrogen-bond donors (Lipinski definition) is 2. The lowest BCUT2D eigenvalue weighted by Crippen LogP contribution is -2.42. The predicted molar refractivity (Wildman–Crippen MR) is 135 cm³/mol. The van der Waals surface area contributed by atoms with E-state index in [-0.39, 0.29) is 35.8 Å². The molecule has 2 N–H and O–H groups in total. The number of halogens is 2. The first kappa shape index (κ1) is 24.8. The summed E-state index contributed by atoms with van der Waals surface area (Å²) in [6.07, 6.45) is 4.16. The van der Waals surface area contributed by atoms with Crippen LogP contribution >= 0.6 is 24.0 Å². The molecule has 1 aromatic carbocycles. The van der Waals surface area contributed by atoms with E-state index >= 15 is 0 Å². The molecule has 2 fully saturated rings. The first-order valence-electron chi connectivity index (χ1n) is 11.1. The van der Waals surface area contributed by atoms with Crippen LogP contribution in [0.25, 0.3) is 0 Å². The van der Waals surface area contributed by atoms with Gasteiger partial charge < -0.3 is 24.7 Å². The molecule has 176 valence electrons. The van der Waals surface area contributed by atoms with Crippen LogP contribution in [0.1, 0.15) is 30.2 Å². The number of aliphatic imine (C=N–C) groups is 1. The Morgan fingerprint density at radius 3 is 2.56 bits per heavy atom. The van der Waals surface area contributed by atoms with Gasteiger partial charge in [-0.25, -0.2) is 4.39 Å². The number of likely N-dealkylation sites (tertiary alicyclic amines) is 1. The number of guanidine groups is 1. The molecule has 9 heteroatoms. The van der Waals surface area contributed by atoms with Crippen molar-refractivity contribution < 1.29 is 13.5 Å². The number of rotatable bonds is 7.